The van der Waals surface area contributed by atoms with Gasteiger partial charge in [-0.3, -0.25) is 9.36 Å². The van der Waals surface area contributed by atoms with Crippen molar-refractivity contribution >= 4 is 35.0 Å². The molecule has 1 amide bonds. The van der Waals surface area contributed by atoms with Crippen LogP contribution in [0.2, 0.25) is 5.02 Å². The fraction of sp³-hybridized carbons (Fsp3) is 0.125. The van der Waals surface area contributed by atoms with Crippen molar-refractivity contribution in [3.05, 3.63) is 83.1 Å². The smallest absolute Gasteiger partial charge is 0.234 e. The molecule has 1 aliphatic rings. The lowest BCUT2D eigenvalue weighted by Crippen LogP contribution is -2.15. The van der Waals surface area contributed by atoms with E-state index in [1.165, 1.54) is 23.9 Å². The fourth-order valence-corrected chi connectivity index (χ4v) is 4.42. The van der Waals surface area contributed by atoms with Crippen LogP contribution in [-0.4, -0.2) is 33.2 Å². The lowest BCUT2D eigenvalue weighted by Gasteiger charge is -2.11. The normalized spacial score (nSPS) is 12.1. The molecule has 1 aliphatic heterocycles. The van der Waals surface area contributed by atoms with Gasteiger partial charge in [0.05, 0.1) is 23.0 Å². The van der Waals surface area contributed by atoms with Gasteiger partial charge in [0.1, 0.15) is 5.82 Å². The number of anilines is 1. The maximum Gasteiger partial charge on any atom is 0.234 e. The van der Waals surface area contributed by atoms with Crippen LogP contribution >= 0.6 is 23.4 Å². The number of carbonyl (C=O) groups is 1. The van der Waals surface area contributed by atoms with Crippen LogP contribution in [0, 0.1) is 5.82 Å². The Hall–Kier alpha value is -3.56. The van der Waals surface area contributed by atoms with E-state index in [2.05, 4.69) is 15.5 Å². The van der Waals surface area contributed by atoms with Crippen LogP contribution in [0.4, 0.5) is 10.1 Å². The SMILES string of the molecule is O=C(CSc1nnc(-c2ccccc2)n1Cc1ccc2c(c1)OCO2)Nc1ccc(F)cc1Cl. The van der Waals surface area contributed by atoms with Crippen molar-refractivity contribution in [1.82, 2.24) is 14.8 Å². The van der Waals surface area contributed by atoms with Gasteiger partial charge < -0.3 is 14.8 Å². The van der Waals surface area contributed by atoms with Crippen molar-refractivity contribution in [3.63, 3.8) is 0 Å². The van der Waals surface area contributed by atoms with Crippen LogP contribution in [-0.2, 0) is 11.3 Å². The predicted molar refractivity (Wildman–Crippen MR) is 128 cm³/mol. The molecule has 0 bridgehead atoms. The lowest BCUT2D eigenvalue weighted by atomic mass is 10.2. The molecule has 0 unspecified atom stereocenters. The second-order valence-electron chi connectivity index (χ2n) is 7.41. The average Bonchev–Trinajstić information content (AvgIpc) is 3.47. The molecule has 0 atom stereocenters. The van der Waals surface area contributed by atoms with Gasteiger partial charge in [0.25, 0.3) is 0 Å². The van der Waals surface area contributed by atoms with Gasteiger partial charge in [-0.05, 0) is 35.9 Å². The zero-order valence-electron chi connectivity index (χ0n) is 17.7. The molecule has 172 valence electrons. The molecule has 4 aromatic rings. The highest BCUT2D eigenvalue weighted by molar-refractivity contribution is 7.99. The highest BCUT2D eigenvalue weighted by Gasteiger charge is 2.19. The summed E-state index contributed by atoms with van der Waals surface area (Å²) in [5, 5.41) is 12.1. The number of hydrogen-bond donors (Lipinski definition) is 1. The Morgan fingerprint density at radius 2 is 1.88 bits per heavy atom. The average molecular weight is 497 g/mol. The quantitative estimate of drug-likeness (QED) is 0.352. The molecule has 2 heterocycles. The number of carbonyl (C=O) groups excluding carboxylic acids is 1. The summed E-state index contributed by atoms with van der Waals surface area (Å²) in [7, 11) is 0. The highest BCUT2D eigenvalue weighted by Crippen LogP contribution is 2.34. The van der Waals surface area contributed by atoms with Crippen molar-refractivity contribution < 1.29 is 18.7 Å². The molecule has 0 saturated carbocycles. The number of nitrogens with one attached hydrogen (secondary N) is 1. The summed E-state index contributed by atoms with van der Waals surface area (Å²) in [6.07, 6.45) is 0. The molecular formula is C24H18ClFN4O3S. The zero-order chi connectivity index (χ0) is 23.5. The van der Waals surface area contributed by atoms with Crippen LogP contribution in [0.25, 0.3) is 11.4 Å². The van der Waals surface area contributed by atoms with Gasteiger partial charge in [-0.25, -0.2) is 4.39 Å². The molecule has 1 aromatic heterocycles. The highest BCUT2D eigenvalue weighted by atomic mass is 35.5. The minimum Gasteiger partial charge on any atom is -0.454 e. The second kappa shape index (κ2) is 9.74. The Morgan fingerprint density at radius 1 is 1.06 bits per heavy atom. The summed E-state index contributed by atoms with van der Waals surface area (Å²) in [5.74, 6) is 1.39. The third kappa shape index (κ3) is 4.85. The molecule has 0 aliphatic carbocycles. The fourth-order valence-electron chi connectivity index (χ4n) is 3.47. The van der Waals surface area contributed by atoms with E-state index in [0.717, 1.165) is 17.2 Å². The van der Waals surface area contributed by atoms with Crippen LogP contribution in [0.1, 0.15) is 5.56 Å². The van der Waals surface area contributed by atoms with Crippen LogP contribution < -0.4 is 14.8 Å². The van der Waals surface area contributed by atoms with E-state index in [1.54, 1.807) is 0 Å². The standard InChI is InChI=1S/C24H18ClFN4O3S/c25-18-11-17(26)7-8-19(18)27-22(31)13-34-24-29-28-23(16-4-2-1-3-5-16)30(24)12-15-6-9-20-21(10-15)33-14-32-20/h1-11H,12-14H2,(H,27,31). The number of thioether (sulfide) groups is 1. The van der Waals surface area contributed by atoms with Crippen molar-refractivity contribution in [2.75, 3.05) is 17.9 Å². The molecule has 0 radical (unpaired) electrons. The minimum atomic E-state index is -0.470. The second-order valence-corrected chi connectivity index (χ2v) is 8.76. The van der Waals surface area contributed by atoms with Gasteiger partial charge in [0, 0.05) is 5.56 Å². The topological polar surface area (TPSA) is 78.3 Å². The minimum absolute atomic E-state index is 0.0712. The number of benzene rings is 3. The Morgan fingerprint density at radius 3 is 2.71 bits per heavy atom. The zero-order valence-corrected chi connectivity index (χ0v) is 19.3. The van der Waals surface area contributed by atoms with E-state index < -0.39 is 5.82 Å². The molecule has 34 heavy (non-hydrogen) atoms. The number of amides is 1. The van der Waals surface area contributed by atoms with E-state index in [9.17, 15) is 9.18 Å². The summed E-state index contributed by atoms with van der Waals surface area (Å²) in [6, 6.07) is 19.3. The Balaban J connectivity index is 1.37. The van der Waals surface area contributed by atoms with Gasteiger partial charge in [0.15, 0.2) is 22.5 Å². The van der Waals surface area contributed by atoms with Crippen molar-refractivity contribution in [1.29, 1.82) is 0 Å². The van der Waals surface area contributed by atoms with E-state index in [4.69, 9.17) is 21.1 Å². The maximum atomic E-state index is 13.3. The predicted octanol–water partition coefficient (Wildman–Crippen LogP) is 5.25. The molecule has 7 nitrogen and oxygen atoms in total. The summed E-state index contributed by atoms with van der Waals surface area (Å²) >= 11 is 7.26. The third-order valence-electron chi connectivity index (χ3n) is 5.06. The van der Waals surface area contributed by atoms with Crippen molar-refractivity contribution in [2.24, 2.45) is 0 Å². The number of halogens is 2. The Labute approximate surface area is 203 Å². The summed E-state index contributed by atoms with van der Waals surface area (Å²) in [5.41, 5.74) is 2.23. The molecule has 10 heteroatoms. The van der Waals surface area contributed by atoms with E-state index >= 15 is 0 Å². The summed E-state index contributed by atoms with van der Waals surface area (Å²) in [6.45, 7) is 0.677. The van der Waals surface area contributed by atoms with Crippen LogP contribution in [0.5, 0.6) is 11.5 Å². The van der Waals surface area contributed by atoms with Gasteiger partial charge in [-0.2, -0.15) is 0 Å². The van der Waals surface area contributed by atoms with Crippen molar-refractivity contribution in [2.45, 2.75) is 11.7 Å². The molecule has 0 spiro atoms. The summed E-state index contributed by atoms with van der Waals surface area (Å²) < 4.78 is 26.1. The van der Waals surface area contributed by atoms with E-state index in [-0.39, 0.29) is 23.5 Å². The van der Waals surface area contributed by atoms with Crippen LogP contribution in [0.15, 0.2) is 71.9 Å². The first-order valence-corrected chi connectivity index (χ1v) is 11.7. The molecule has 5 rings (SSSR count). The maximum absolute atomic E-state index is 13.3. The first-order chi connectivity index (χ1) is 16.6. The first kappa shape index (κ1) is 22.2. The van der Waals surface area contributed by atoms with Gasteiger partial charge >= 0.3 is 0 Å². The Bertz CT molecular complexity index is 1350. The molecule has 1 N–H and O–H groups in total. The molecule has 3 aromatic carbocycles. The number of aromatic nitrogens is 3. The summed E-state index contributed by atoms with van der Waals surface area (Å²) in [4.78, 5) is 12.5. The van der Waals surface area contributed by atoms with E-state index in [1.807, 2.05) is 53.1 Å². The molecule has 0 fully saturated rings. The van der Waals surface area contributed by atoms with E-state index in [0.29, 0.717) is 34.7 Å². The first-order valence-electron chi connectivity index (χ1n) is 10.3. The largest absolute Gasteiger partial charge is 0.454 e. The number of nitrogens with zero attached hydrogens (tertiary/aromatic N) is 3. The number of rotatable bonds is 7. The van der Waals surface area contributed by atoms with Gasteiger partial charge in [0.2, 0.25) is 12.7 Å². The van der Waals surface area contributed by atoms with Gasteiger partial charge in [-0.1, -0.05) is 59.8 Å². The van der Waals surface area contributed by atoms with Crippen LogP contribution in [0.3, 0.4) is 0 Å². The lowest BCUT2D eigenvalue weighted by molar-refractivity contribution is -0.113. The van der Waals surface area contributed by atoms with Gasteiger partial charge in [-0.15, -0.1) is 10.2 Å². The Kier molecular flexibility index (Phi) is 6.37. The third-order valence-corrected chi connectivity index (χ3v) is 6.34. The number of fused-ring (bicyclic) bond motifs is 1. The number of ether oxygens (including phenoxy) is 2. The molecule has 0 saturated heterocycles. The monoisotopic (exact) mass is 496 g/mol. The molecular weight excluding hydrogens is 479 g/mol. The number of hydrogen-bond acceptors (Lipinski definition) is 6. The van der Waals surface area contributed by atoms with Crippen molar-refractivity contribution in [3.8, 4) is 22.9 Å².